The number of hydrogen-bond donors (Lipinski definition) is 1. The van der Waals surface area contributed by atoms with Crippen molar-refractivity contribution in [3.8, 4) is 0 Å². The van der Waals surface area contributed by atoms with Crippen LogP contribution in [0.25, 0.3) is 0 Å². The van der Waals surface area contributed by atoms with Gasteiger partial charge in [0.15, 0.2) is 5.17 Å². The standard InChI is InChI=1S/C13H15N3OS/c1-2-6-11-12(17)15-13(18-11)16-14-9-10-7-4-3-5-8-10/h3-5,7-9,11H,2,6H2,1H3,(H,15,16,17)/b14-9+. The van der Waals surface area contributed by atoms with E-state index in [-0.39, 0.29) is 11.2 Å². The fourth-order valence-corrected chi connectivity index (χ4v) is 2.63. The van der Waals surface area contributed by atoms with E-state index in [1.54, 1.807) is 6.21 Å². The molecule has 2 rings (SSSR count). The molecule has 4 nitrogen and oxygen atoms in total. The molecule has 0 aromatic heterocycles. The van der Waals surface area contributed by atoms with Gasteiger partial charge in [0.1, 0.15) is 0 Å². The maximum atomic E-state index is 11.5. The number of nitrogens with one attached hydrogen (secondary N) is 1. The predicted octanol–water partition coefficient (Wildman–Crippen LogP) is 2.41. The highest BCUT2D eigenvalue weighted by Gasteiger charge is 2.29. The van der Waals surface area contributed by atoms with Gasteiger partial charge in [-0.2, -0.15) is 5.10 Å². The fourth-order valence-electron chi connectivity index (χ4n) is 1.59. The first-order chi connectivity index (χ1) is 8.79. The van der Waals surface area contributed by atoms with Crippen LogP contribution in [-0.4, -0.2) is 22.5 Å². The van der Waals surface area contributed by atoms with Gasteiger partial charge in [-0.05, 0) is 12.0 Å². The highest BCUT2D eigenvalue weighted by molar-refractivity contribution is 8.15. The number of rotatable bonds is 4. The predicted molar refractivity (Wildman–Crippen MR) is 75.9 cm³/mol. The number of nitrogens with zero attached hydrogens (tertiary/aromatic N) is 2. The molecule has 94 valence electrons. The van der Waals surface area contributed by atoms with Gasteiger partial charge in [-0.1, -0.05) is 55.4 Å². The lowest BCUT2D eigenvalue weighted by molar-refractivity contribution is -0.118. The molecule has 0 spiro atoms. The van der Waals surface area contributed by atoms with Crippen molar-refractivity contribution in [2.24, 2.45) is 10.2 Å². The molecule has 5 heteroatoms. The van der Waals surface area contributed by atoms with Crippen molar-refractivity contribution in [1.82, 2.24) is 5.32 Å². The first-order valence-corrected chi connectivity index (χ1v) is 6.81. The van der Waals surface area contributed by atoms with Crippen LogP contribution >= 0.6 is 11.8 Å². The molecule has 1 N–H and O–H groups in total. The molecule has 1 heterocycles. The maximum Gasteiger partial charge on any atom is 0.239 e. The second-order valence-electron chi connectivity index (χ2n) is 3.94. The SMILES string of the molecule is CCCC1S/C(=N\N=C\c2ccccc2)NC1=O. The van der Waals surface area contributed by atoms with Crippen LogP contribution in [0, 0.1) is 0 Å². The summed E-state index contributed by atoms with van der Waals surface area (Å²) >= 11 is 1.45. The Morgan fingerprint density at radius 3 is 2.89 bits per heavy atom. The van der Waals surface area contributed by atoms with E-state index < -0.39 is 0 Å². The first kappa shape index (κ1) is 12.8. The summed E-state index contributed by atoms with van der Waals surface area (Å²) in [5, 5.41) is 11.3. The molecule has 0 radical (unpaired) electrons. The van der Waals surface area contributed by atoms with E-state index in [1.807, 2.05) is 30.3 Å². The lowest BCUT2D eigenvalue weighted by Gasteiger charge is -1.99. The topological polar surface area (TPSA) is 53.8 Å². The third kappa shape index (κ3) is 3.43. The Balaban J connectivity index is 1.95. The Bertz CT molecular complexity index is 470. The van der Waals surface area contributed by atoms with Crippen molar-refractivity contribution in [3.63, 3.8) is 0 Å². The smallest absolute Gasteiger partial charge is 0.239 e. The van der Waals surface area contributed by atoms with Gasteiger partial charge in [0.05, 0.1) is 11.5 Å². The van der Waals surface area contributed by atoms with E-state index in [4.69, 9.17) is 0 Å². The normalized spacial score (nSPS) is 21.7. The molecule has 1 amide bonds. The van der Waals surface area contributed by atoms with Crippen LogP contribution in [0.3, 0.4) is 0 Å². The highest BCUT2D eigenvalue weighted by Crippen LogP contribution is 2.23. The van der Waals surface area contributed by atoms with Crippen LogP contribution in [0.5, 0.6) is 0 Å². The summed E-state index contributed by atoms with van der Waals surface area (Å²) in [5.41, 5.74) is 0.987. The van der Waals surface area contributed by atoms with Gasteiger partial charge in [0.25, 0.3) is 0 Å². The quantitative estimate of drug-likeness (QED) is 0.668. The van der Waals surface area contributed by atoms with Crippen LogP contribution in [0.15, 0.2) is 40.5 Å². The van der Waals surface area contributed by atoms with Gasteiger partial charge in [-0.15, -0.1) is 5.10 Å². The highest BCUT2D eigenvalue weighted by atomic mass is 32.2. The number of carbonyl (C=O) groups is 1. The van der Waals surface area contributed by atoms with E-state index in [1.165, 1.54) is 11.8 Å². The molecule has 0 bridgehead atoms. The summed E-state index contributed by atoms with van der Waals surface area (Å²) in [6.07, 6.45) is 3.54. The van der Waals surface area contributed by atoms with Crippen molar-refractivity contribution in [2.45, 2.75) is 25.0 Å². The average molecular weight is 261 g/mol. The molecular weight excluding hydrogens is 246 g/mol. The van der Waals surface area contributed by atoms with Crippen molar-refractivity contribution in [3.05, 3.63) is 35.9 Å². The van der Waals surface area contributed by atoms with Crippen molar-refractivity contribution in [1.29, 1.82) is 0 Å². The number of amides is 1. The van der Waals surface area contributed by atoms with E-state index >= 15 is 0 Å². The molecule has 1 unspecified atom stereocenters. The molecule has 0 saturated carbocycles. The van der Waals surface area contributed by atoms with E-state index in [0.29, 0.717) is 5.17 Å². The minimum Gasteiger partial charge on any atom is -0.303 e. The first-order valence-electron chi connectivity index (χ1n) is 5.93. The van der Waals surface area contributed by atoms with Crippen LogP contribution in [0.1, 0.15) is 25.3 Å². The van der Waals surface area contributed by atoms with Crippen molar-refractivity contribution >= 4 is 29.1 Å². The largest absolute Gasteiger partial charge is 0.303 e. The zero-order valence-corrected chi connectivity index (χ0v) is 11.0. The Hall–Kier alpha value is -1.62. The second-order valence-corrected chi connectivity index (χ2v) is 5.14. The summed E-state index contributed by atoms with van der Waals surface area (Å²) in [4.78, 5) is 11.5. The lowest BCUT2D eigenvalue weighted by Crippen LogP contribution is -2.24. The third-order valence-corrected chi connectivity index (χ3v) is 3.62. The fraction of sp³-hybridized carbons (Fsp3) is 0.308. The van der Waals surface area contributed by atoms with Gasteiger partial charge >= 0.3 is 0 Å². The molecule has 18 heavy (non-hydrogen) atoms. The Morgan fingerprint density at radius 2 is 2.17 bits per heavy atom. The van der Waals surface area contributed by atoms with Crippen molar-refractivity contribution in [2.75, 3.05) is 0 Å². The summed E-state index contributed by atoms with van der Waals surface area (Å²) in [7, 11) is 0. The summed E-state index contributed by atoms with van der Waals surface area (Å²) in [6, 6.07) is 9.73. The summed E-state index contributed by atoms with van der Waals surface area (Å²) in [6.45, 7) is 2.07. The molecule has 1 atom stereocenters. The number of amidine groups is 1. The lowest BCUT2D eigenvalue weighted by atomic mass is 10.2. The Morgan fingerprint density at radius 1 is 1.39 bits per heavy atom. The van der Waals surface area contributed by atoms with Gasteiger partial charge in [0.2, 0.25) is 5.91 Å². The molecule has 1 saturated heterocycles. The van der Waals surface area contributed by atoms with E-state index in [9.17, 15) is 4.79 Å². The molecular formula is C13H15N3OS. The molecule has 1 aliphatic heterocycles. The average Bonchev–Trinajstić information content (AvgIpc) is 2.72. The van der Waals surface area contributed by atoms with Crippen LogP contribution in [0.2, 0.25) is 0 Å². The zero-order valence-electron chi connectivity index (χ0n) is 10.2. The molecule has 0 aliphatic carbocycles. The number of thioether (sulfide) groups is 1. The van der Waals surface area contributed by atoms with E-state index in [0.717, 1.165) is 18.4 Å². The molecule has 1 aromatic rings. The number of carbonyl (C=O) groups excluding carboxylic acids is 1. The zero-order chi connectivity index (χ0) is 12.8. The summed E-state index contributed by atoms with van der Waals surface area (Å²) < 4.78 is 0. The van der Waals surface area contributed by atoms with E-state index in [2.05, 4.69) is 22.4 Å². The van der Waals surface area contributed by atoms with Gasteiger partial charge < -0.3 is 5.32 Å². The second kappa shape index (κ2) is 6.35. The molecule has 1 fully saturated rings. The van der Waals surface area contributed by atoms with Gasteiger partial charge in [-0.3, -0.25) is 4.79 Å². The summed E-state index contributed by atoms with van der Waals surface area (Å²) in [5.74, 6) is 0.0375. The number of hydrogen-bond acceptors (Lipinski definition) is 4. The Labute approximate surface area is 111 Å². The van der Waals surface area contributed by atoms with Gasteiger partial charge in [-0.25, -0.2) is 0 Å². The maximum absolute atomic E-state index is 11.5. The molecule has 1 aliphatic rings. The minimum absolute atomic E-state index is 0.0133. The minimum atomic E-state index is -0.0133. The molecule has 1 aromatic carbocycles. The monoisotopic (exact) mass is 261 g/mol. The van der Waals surface area contributed by atoms with Crippen LogP contribution in [-0.2, 0) is 4.79 Å². The van der Waals surface area contributed by atoms with Crippen LogP contribution in [0.4, 0.5) is 0 Å². The van der Waals surface area contributed by atoms with Crippen molar-refractivity contribution < 1.29 is 4.79 Å². The third-order valence-electron chi connectivity index (χ3n) is 2.48. The Kier molecular flexibility index (Phi) is 4.52. The van der Waals surface area contributed by atoms with Gasteiger partial charge in [0, 0.05) is 0 Å². The number of benzene rings is 1. The van der Waals surface area contributed by atoms with Crippen LogP contribution < -0.4 is 5.32 Å².